The number of hydrogen-bond acceptors (Lipinski definition) is 4. The molecular weight excluding hydrogens is 254 g/mol. The average molecular weight is 267 g/mol. The van der Waals surface area contributed by atoms with Gasteiger partial charge in [0.2, 0.25) is 0 Å². The maximum Gasteiger partial charge on any atom is 0.357 e. The summed E-state index contributed by atoms with van der Waals surface area (Å²) in [6, 6.07) is 11.2. The Kier molecular flexibility index (Phi) is 3.16. The van der Waals surface area contributed by atoms with Crippen LogP contribution in [0.3, 0.4) is 0 Å². The molecule has 2 aromatic heterocycles. The third-order valence-corrected chi connectivity index (χ3v) is 3.00. The predicted octanol–water partition coefficient (Wildman–Crippen LogP) is 2.39. The number of hydrogen-bond donors (Lipinski definition) is 0. The first-order valence-corrected chi connectivity index (χ1v) is 6.26. The molecule has 0 spiro atoms. The number of carbonyl (C=O) groups is 1. The fourth-order valence-electron chi connectivity index (χ4n) is 1.96. The van der Waals surface area contributed by atoms with Gasteiger partial charge in [-0.1, -0.05) is 30.3 Å². The van der Waals surface area contributed by atoms with Crippen LogP contribution in [-0.4, -0.2) is 20.6 Å². The van der Waals surface area contributed by atoms with E-state index in [9.17, 15) is 4.79 Å². The molecule has 0 saturated carbocycles. The molecule has 0 saturated heterocycles. The van der Waals surface area contributed by atoms with Gasteiger partial charge in [0, 0.05) is 11.8 Å². The van der Waals surface area contributed by atoms with Gasteiger partial charge < -0.3 is 4.74 Å². The van der Waals surface area contributed by atoms with Crippen molar-refractivity contribution in [1.82, 2.24) is 14.6 Å². The second-order valence-electron chi connectivity index (χ2n) is 4.45. The summed E-state index contributed by atoms with van der Waals surface area (Å²) in [5, 5.41) is 4.15. The molecule has 3 aromatic rings. The molecule has 1 aromatic carbocycles. The van der Waals surface area contributed by atoms with Gasteiger partial charge in [-0.25, -0.2) is 14.3 Å². The Morgan fingerprint density at radius 2 is 2.05 bits per heavy atom. The van der Waals surface area contributed by atoms with Crippen LogP contribution in [0.4, 0.5) is 0 Å². The zero-order valence-electron chi connectivity index (χ0n) is 11.0. The second-order valence-corrected chi connectivity index (χ2v) is 4.45. The predicted molar refractivity (Wildman–Crippen MR) is 73.3 cm³/mol. The van der Waals surface area contributed by atoms with Gasteiger partial charge in [0.1, 0.15) is 6.61 Å². The van der Waals surface area contributed by atoms with Crippen molar-refractivity contribution in [3.8, 4) is 0 Å². The van der Waals surface area contributed by atoms with Gasteiger partial charge in [-0.2, -0.15) is 5.10 Å². The van der Waals surface area contributed by atoms with E-state index in [1.54, 1.807) is 18.5 Å². The first-order chi connectivity index (χ1) is 9.75. The van der Waals surface area contributed by atoms with Gasteiger partial charge in [0.15, 0.2) is 11.3 Å². The van der Waals surface area contributed by atoms with Gasteiger partial charge in [-0.05, 0) is 18.6 Å². The molecule has 0 aliphatic carbocycles. The van der Waals surface area contributed by atoms with Crippen LogP contribution in [0.25, 0.3) is 5.65 Å². The van der Waals surface area contributed by atoms with Gasteiger partial charge in [-0.3, -0.25) is 0 Å². The van der Waals surface area contributed by atoms with Crippen LogP contribution < -0.4 is 0 Å². The molecule has 0 unspecified atom stereocenters. The van der Waals surface area contributed by atoms with Crippen LogP contribution in [0, 0.1) is 6.92 Å². The van der Waals surface area contributed by atoms with E-state index in [0.29, 0.717) is 11.3 Å². The highest BCUT2D eigenvalue weighted by Gasteiger charge is 2.14. The lowest BCUT2D eigenvalue weighted by Crippen LogP contribution is -2.11. The fraction of sp³-hybridized carbons (Fsp3) is 0.133. The van der Waals surface area contributed by atoms with E-state index in [4.69, 9.17) is 4.74 Å². The zero-order chi connectivity index (χ0) is 13.9. The summed E-state index contributed by atoms with van der Waals surface area (Å²) in [5.74, 6) is -0.413. The number of aryl methyl sites for hydroxylation is 1. The third-order valence-electron chi connectivity index (χ3n) is 3.00. The molecule has 20 heavy (non-hydrogen) atoms. The molecule has 0 N–H and O–H groups in total. The molecule has 100 valence electrons. The molecule has 3 rings (SSSR count). The molecular formula is C15H13N3O2. The molecule has 0 bridgehead atoms. The van der Waals surface area contributed by atoms with Gasteiger partial charge in [0.25, 0.3) is 0 Å². The average Bonchev–Trinajstić information content (AvgIpc) is 2.87. The number of esters is 1. The van der Waals surface area contributed by atoms with E-state index in [2.05, 4.69) is 10.1 Å². The molecule has 0 amide bonds. The summed E-state index contributed by atoms with van der Waals surface area (Å²) in [5.41, 5.74) is 2.91. The lowest BCUT2D eigenvalue weighted by molar-refractivity contribution is 0.0462. The molecule has 2 heterocycles. The molecule has 0 aliphatic heterocycles. The van der Waals surface area contributed by atoms with Gasteiger partial charge >= 0.3 is 5.97 Å². The minimum Gasteiger partial charge on any atom is -0.456 e. The van der Waals surface area contributed by atoms with Crippen LogP contribution in [-0.2, 0) is 11.3 Å². The van der Waals surface area contributed by atoms with Crippen molar-refractivity contribution in [2.24, 2.45) is 0 Å². The van der Waals surface area contributed by atoms with Gasteiger partial charge in [-0.15, -0.1) is 0 Å². The third kappa shape index (κ3) is 2.25. The summed E-state index contributed by atoms with van der Waals surface area (Å²) in [6.45, 7) is 2.14. The molecule has 0 aliphatic rings. The Morgan fingerprint density at radius 3 is 2.85 bits per heavy atom. The first kappa shape index (κ1) is 12.3. The van der Waals surface area contributed by atoms with Crippen LogP contribution in [0.5, 0.6) is 0 Å². The summed E-state index contributed by atoms with van der Waals surface area (Å²) in [4.78, 5) is 16.3. The highest BCUT2D eigenvalue weighted by Crippen LogP contribution is 2.10. The number of nitrogens with zero attached hydrogens (tertiary/aromatic N) is 3. The lowest BCUT2D eigenvalue weighted by Gasteiger charge is -2.06. The minimum absolute atomic E-state index is 0.240. The fourth-order valence-corrected chi connectivity index (χ4v) is 1.96. The number of carbonyl (C=O) groups excluding carboxylic acids is 1. The molecule has 5 heteroatoms. The maximum atomic E-state index is 12.1. The topological polar surface area (TPSA) is 56.5 Å². The Hall–Kier alpha value is -2.69. The molecule has 5 nitrogen and oxygen atoms in total. The van der Waals surface area contributed by atoms with Crippen molar-refractivity contribution >= 4 is 11.6 Å². The standard InChI is InChI=1S/C15H13N3O2/c1-11-9-17-18-13(7-8-16-14(11)18)15(19)20-10-12-5-3-2-4-6-12/h2-9H,10H2,1H3. The van der Waals surface area contributed by atoms with E-state index < -0.39 is 5.97 Å². The number of aromatic nitrogens is 3. The molecule has 0 radical (unpaired) electrons. The van der Waals surface area contributed by atoms with Crippen molar-refractivity contribution in [2.45, 2.75) is 13.5 Å². The van der Waals surface area contributed by atoms with E-state index >= 15 is 0 Å². The number of ether oxygens (including phenoxy) is 1. The lowest BCUT2D eigenvalue weighted by atomic mass is 10.2. The van der Waals surface area contributed by atoms with Crippen LogP contribution in [0.2, 0.25) is 0 Å². The Balaban J connectivity index is 1.82. The number of benzene rings is 1. The second kappa shape index (κ2) is 5.13. The van der Waals surface area contributed by atoms with Crippen LogP contribution in [0.15, 0.2) is 48.8 Å². The molecule has 0 atom stereocenters. The number of fused-ring (bicyclic) bond motifs is 1. The summed E-state index contributed by atoms with van der Waals surface area (Å²) < 4.78 is 6.81. The van der Waals surface area contributed by atoms with Crippen molar-refractivity contribution in [3.05, 3.63) is 65.6 Å². The van der Waals surface area contributed by atoms with Crippen molar-refractivity contribution in [3.63, 3.8) is 0 Å². The Labute approximate surface area is 115 Å². The van der Waals surface area contributed by atoms with Crippen molar-refractivity contribution in [2.75, 3.05) is 0 Å². The normalized spacial score (nSPS) is 10.7. The van der Waals surface area contributed by atoms with E-state index in [1.165, 1.54) is 4.52 Å². The summed E-state index contributed by atoms with van der Waals surface area (Å²) >= 11 is 0. The van der Waals surface area contributed by atoms with Gasteiger partial charge in [0.05, 0.1) is 6.20 Å². The zero-order valence-corrected chi connectivity index (χ0v) is 11.0. The van der Waals surface area contributed by atoms with Crippen LogP contribution in [0.1, 0.15) is 21.6 Å². The summed E-state index contributed by atoms with van der Waals surface area (Å²) in [6.07, 6.45) is 3.26. The SMILES string of the molecule is Cc1cnn2c(C(=O)OCc3ccccc3)ccnc12. The van der Waals surface area contributed by atoms with Crippen molar-refractivity contribution < 1.29 is 9.53 Å². The minimum atomic E-state index is -0.413. The quantitative estimate of drug-likeness (QED) is 0.684. The monoisotopic (exact) mass is 267 g/mol. The Morgan fingerprint density at radius 1 is 1.25 bits per heavy atom. The van der Waals surface area contributed by atoms with E-state index in [0.717, 1.165) is 11.1 Å². The van der Waals surface area contributed by atoms with E-state index in [-0.39, 0.29) is 6.61 Å². The van der Waals surface area contributed by atoms with Crippen LogP contribution >= 0.6 is 0 Å². The first-order valence-electron chi connectivity index (χ1n) is 6.26. The highest BCUT2D eigenvalue weighted by atomic mass is 16.5. The highest BCUT2D eigenvalue weighted by molar-refractivity contribution is 5.88. The largest absolute Gasteiger partial charge is 0.456 e. The summed E-state index contributed by atoms with van der Waals surface area (Å²) in [7, 11) is 0. The van der Waals surface area contributed by atoms with Crippen molar-refractivity contribution in [1.29, 1.82) is 0 Å². The number of rotatable bonds is 3. The Bertz CT molecular complexity index is 750. The molecule has 0 fully saturated rings. The maximum absolute atomic E-state index is 12.1. The van der Waals surface area contributed by atoms with E-state index in [1.807, 2.05) is 37.3 Å². The smallest absolute Gasteiger partial charge is 0.357 e.